The molecular weight excluding hydrogens is 700 g/mol. The Labute approximate surface area is 320 Å². The highest BCUT2D eigenvalue weighted by atomic mass is 35.5. The third kappa shape index (κ3) is 7.57. The number of hydrogen-bond acceptors (Lipinski definition) is 8. The van der Waals surface area contributed by atoms with Gasteiger partial charge < -0.3 is 25.0 Å². The van der Waals surface area contributed by atoms with Gasteiger partial charge in [0.05, 0.1) is 17.2 Å². The molecular formula is C44H43ClN4O5. The molecule has 0 radical (unpaired) electrons. The minimum Gasteiger partial charge on any atom is -0.488 e. The Hall–Kier alpha value is -5.24. The summed E-state index contributed by atoms with van der Waals surface area (Å²) >= 11 is 6.77. The predicted molar refractivity (Wildman–Crippen MR) is 208 cm³/mol. The fraction of sp³-hybridized carbons (Fsp3) is 0.295. The molecule has 5 aromatic rings. The van der Waals surface area contributed by atoms with Crippen LogP contribution in [0.5, 0.6) is 11.5 Å². The van der Waals surface area contributed by atoms with E-state index in [2.05, 4.69) is 78.0 Å². The number of fused-ring (bicyclic) bond motifs is 4. The lowest BCUT2D eigenvalue weighted by Crippen LogP contribution is -2.52. The largest absolute Gasteiger partial charge is 0.488 e. The number of ether oxygens (including phenoxy) is 2. The summed E-state index contributed by atoms with van der Waals surface area (Å²) in [6.45, 7) is 5.46. The molecule has 0 amide bonds. The molecule has 7 rings (SSSR count). The molecule has 54 heavy (non-hydrogen) atoms. The first-order chi connectivity index (χ1) is 26.1. The summed E-state index contributed by atoms with van der Waals surface area (Å²) in [5, 5.41) is 35.8. The number of nitriles is 1. The fourth-order valence-corrected chi connectivity index (χ4v) is 7.77. The summed E-state index contributed by atoms with van der Waals surface area (Å²) in [7, 11) is 0. The molecule has 2 bridgehead atoms. The van der Waals surface area contributed by atoms with Gasteiger partial charge >= 0.3 is 5.97 Å². The van der Waals surface area contributed by atoms with Crippen LogP contribution in [0.25, 0.3) is 22.3 Å². The summed E-state index contributed by atoms with van der Waals surface area (Å²) in [4.78, 5) is 16.0. The van der Waals surface area contributed by atoms with E-state index in [-0.39, 0.29) is 19.8 Å². The Morgan fingerprint density at radius 2 is 1.72 bits per heavy atom. The Bertz CT molecular complexity index is 2270. The van der Waals surface area contributed by atoms with Gasteiger partial charge in [0.25, 0.3) is 0 Å². The number of nitrogens with zero attached hydrogens (tertiary/aromatic N) is 2. The maximum atomic E-state index is 11.8. The maximum absolute atomic E-state index is 11.8. The molecule has 0 saturated carbocycles. The van der Waals surface area contributed by atoms with Crippen LogP contribution in [0.15, 0.2) is 85.2 Å². The van der Waals surface area contributed by atoms with Gasteiger partial charge in [0, 0.05) is 48.2 Å². The van der Waals surface area contributed by atoms with Crippen LogP contribution in [0, 0.1) is 25.2 Å². The number of rotatable bonds is 13. The van der Waals surface area contributed by atoms with E-state index >= 15 is 0 Å². The first-order valence-corrected chi connectivity index (χ1v) is 18.5. The van der Waals surface area contributed by atoms with Crippen LogP contribution in [0.1, 0.15) is 70.3 Å². The van der Waals surface area contributed by atoms with Crippen molar-refractivity contribution >= 4 is 17.6 Å². The highest BCUT2D eigenvalue weighted by Crippen LogP contribution is 2.40. The first kappa shape index (κ1) is 37.1. The zero-order valence-corrected chi connectivity index (χ0v) is 31.3. The van der Waals surface area contributed by atoms with Crippen molar-refractivity contribution in [2.45, 2.75) is 77.4 Å². The number of carboxylic acids is 1. The van der Waals surface area contributed by atoms with E-state index in [9.17, 15) is 20.3 Å². The molecule has 9 nitrogen and oxygen atoms in total. The lowest BCUT2D eigenvalue weighted by molar-refractivity contribution is -0.145. The van der Waals surface area contributed by atoms with E-state index in [1.165, 1.54) is 59.3 Å². The highest BCUT2D eigenvalue weighted by molar-refractivity contribution is 6.32. The lowest BCUT2D eigenvalue weighted by atomic mass is 9.87. The fourth-order valence-electron chi connectivity index (χ4n) is 7.53. The van der Waals surface area contributed by atoms with Crippen molar-refractivity contribution in [3.8, 4) is 39.8 Å². The molecule has 2 unspecified atom stereocenters. The van der Waals surface area contributed by atoms with Crippen molar-refractivity contribution in [2.75, 3.05) is 6.61 Å². The van der Waals surface area contributed by atoms with Crippen LogP contribution in [0.2, 0.25) is 5.02 Å². The number of nitrogens with one attached hydrogen (secondary N) is 2. The van der Waals surface area contributed by atoms with Gasteiger partial charge in [-0.1, -0.05) is 60.1 Å². The molecule has 1 aromatic heterocycles. The number of benzene rings is 4. The van der Waals surface area contributed by atoms with Gasteiger partial charge in [-0.3, -0.25) is 15.1 Å². The zero-order chi connectivity index (χ0) is 38.0. The van der Waals surface area contributed by atoms with E-state index in [0.717, 1.165) is 23.1 Å². The normalized spacial score (nSPS) is 17.0. The number of hydrogen-bond donors (Lipinski definition) is 4. The second-order valence-electron chi connectivity index (χ2n) is 14.5. The van der Waals surface area contributed by atoms with Crippen molar-refractivity contribution in [3.05, 3.63) is 135 Å². The number of aliphatic hydroxyl groups is 1. The molecule has 3 atom stereocenters. The van der Waals surface area contributed by atoms with Crippen molar-refractivity contribution in [2.24, 2.45) is 0 Å². The highest BCUT2D eigenvalue weighted by Gasteiger charge is 2.33. The molecule has 0 spiro atoms. The zero-order valence-electron chi connectivity index (χ0n) is 30.6. The van der Waals surface area contributed by atoms with Gasteiger partial charge in [-0.15, -0.1) is 0 Å². The summed E-state index contributed by atoms with van der Waals surface area (Å²) in [6.07, 6.45) is 6.62. The molecule has 2 aliphatic rings. The molecule has 2 aliphatic heterocycles. The van der Waals surface area contributed by atoms with E-state index < -0.39 is 18.1 Å². The second kappa shape index (κ2) is 15.6. The van der Waals surface area contributed by atoms with Crippen molar-refractivity contribution in [1.82, 2.24) is 15.6 Å². The average molecular weight is 743 g/mol. The van der Waals surface area contributed by atoms with Crippen LogP contribution in [0.3, 0.4) is 0 Å². The Morgan fingerprint density at radius 3 is 2.50 bits per heavy atom. The second-order valence-corrected chi connectivity index (χ2v) is 14.9. The van der Waals surface area contributed by atoms with Crippen LogP contribution >= 0.6 is 11.6 Å². The first-order valence-electron chi connectivity index (χ1n) is 18.2. The number of aliphatic carboxylic acids is 1. The minimum absolute atomic E-state index is 0.0398. The number of pyridine rings is 1. The van der Waals surface area contributed by atoms with E-state index in [1.54, 1.807) is 24.4 Å². The summed E-state index contributed by atoms with van der Waals surface area (Å²) < 4.78 is 12.6. The molecule has 4 aromatic carbocycles. The Morgan fingerprint density at radius 1 is 0.963 bits per heavy atom. The predicted octanol–water partition coefficient (Wildman–Crippen LogP) is 7.99. The quantitative estimate of drug-likeness (QED) is 0.0946. The van der Waals surface area contributed by atoms with Gasteiger partial charge in [-0.2, -0.15) is 5.26 Å². The SMILES string of the molecule is Cc1c(COc2cc(OCc3cncc(C#N)c3)c(CN[C@@](C)(CO)C(=O)O)cc2Cl)cccc1-c1cccc(-c2ccc3c(c2)C2CCC(C3)N2)c1C. The molecule has 1 saturated heterocycles. The van der Waals surface area contributed by atoms with E-state index in [1.807, 2.05) is 12.1 Å². The third-order valence-corrected chi connectivity index (χ3v) is 11.2. The van der Waals surface area contributed by atoms with E-state index in [4.69, 9.17) is 21.1 Å². The number of carbonyl (C=O) groups is 1. The van der Waals surface area contributed by atoms with Gasteiger partial charge in [0.2, 0.25) is 0 Å². The average Bonchev–Trinajstić information content (AvgIpc) is 3.58. The molecule has 3 heterocycles. The monoisotopic (exact) mass is 742 g/mol. The number of halogens is 1. The van der Waals surface area contributed by atoms with Gasteiger partial charge in [0.1, 0.15) is 36.3 Å². The van der Waals surface area contributed by atoms with Crippen LogP contribution in [-0.2, 0) is 31.0 Å². The summed E-state index contributed by atoms with van der Waals surface area (Å²) in [5.74, 6) is -0.403. The Balaban J connectivity index is 1.14. The molecule has 1 fully saturated rings. The van der Waals surface area contributed by atoms with E-state index in [0.29, 0.717) is 45.3 Å². The van der Waals surface area contributed by atoms with Crippen molar-refractivity contribution < 1.29 is 24.5 Å². The lowest BCUT2D eigenvalue weighted by Gasteiger charge is -2.25. The summed E-state index contributed by atoms with van der Waals surface area (Å²) in [6, 6.07) is 27.9. The molecule has 4 N–H and O–H groups in total. The molecule has 10 heteroatoms. The Kier molecular flexibility index (Phi) is 10.7. The van der Waals surface area contributed by atoms with Crippen LogP contribution in [0.4, 0.5) is 0 Å². The third-order valence-electron chi connectivity index (χ3n) is 10.9. The van der Waals surface area contributed by atoms with Gasteiger partial charge in [-0.05, 0) is 108 Å². The van der Waals surface area contributed by atoms with Gasteiger partial charge in [-0.25, -0.2) is 0 Å². The van der Waals surface area contributed by atoms with Crippen LogP contribution < -0.4 is 20.1 Å². The van der Waals surface area contributed by atoms with Crippen molar-refractivity contribution in [3.63, 3.8) is 0 Å². The topological polar surface area (TPSA) is 137 Å². The van der Waals surface area contributed by atoms with Crippen molar-refractivity contribution in [1.29, 1.82) is 5.26 Å². The minimum atomic E-state index is -1.58. The standard InChI is InChI=1S/C44H43ClN4O5/c1-26-32(6-4-8-36(26)37-9-5-7-35(27(37)2)31-11-10-30-15-34-12-13-40(49-34)38(30)16-31)24-54-42-18-41(53-23-29-14-28(19-46)20-47-21-29)33(17-39(42)45)22-48-44(3,25-50)43(51)52/h4-11,14,16-18,20-21,34,40,48-50H,12-13,15,22-25H2,1-3H3,(H,51,52)/t34?,40?,44-/m0/s1. The molecule has 276 valence electrons. The number of aromatic nitrogens is 1. The van der Waals surface area contributed by atoms with Crippen LogP contribution in [-0.4, -0.2) is 39.4 Å². The molecule has 0 aliphatic carbocycles. The maximum Gasteiger partial charge on any atom is 0.326 e. The van der Waals surface area contributed by atoms with Gasteiger partial charge in [0.15, 0.2) is 0 Å². The number of aliphatic hydroxyl groups excluding tert-OH is 1. The smallest absolute Gasteiger partial charge is 0.326 e. The number of carboxylic acid groups (broad SMARTS) is 1. The summed E-state index contributed by atoms with van der Waals surface area (Å²) in [5.41, 5.74) is 11.0.